The van der Waals surface area contributed by atoms with Gasteiger partial charge in [0.15, 0.2) is 0 Å². The second kappa shape index (κ2) is 3.17. The lowest BCUT2D eigenvalue weighted by atomic mass is 10.2. The van der Waals surface area contributed by atoms with Crippen molar-refractivity contribution in [2.75, 3.05) is 6.54 Å². The summed E-state index contributed by atoms with van der Waals surface area (Å²) in [6.45, 7) is 0.521. The van der Waals surface area contributed by atoms with Crippen LogP contribution in [0.2, 0.25) is 0 Å². The van der Waals surface area contributed by atoms with E-state index in [-0.39, 0.29) is 5.56 Å². The number of nitrogens with one attached hydrogen (secondary N) is 1. The molecule has 3 N–H and O–H groups in total. The zero-order valence-electron chi connectivity index (χ0n) is 5.63. The largest absolute Gasteiger partial charge is 0.330 e. The van der Waals surface area contributed by atoms with Crippen molar-refractivity contribution in [3.8, 4) is 0 Å². The van der Waals surface area contributed by atoms with E-state index in [2.05, 4.69) is 4.98 Å². The van der Waals surface area contributed by atoms with E-state index in [9.17, 15) is 4.79 Å². The summed E-state index contributed by atoms with van der Waals surface area (Å²) in [4.78, 5) is 13.5. The molecule has 0 amide bonds. The average Bonchev–Trinajstić information content (AvgIpc) is 1.94. The van der Waals surface area contributed by atoms with Crippen molar-refractivity contribution in [1.82, 2.24) is 4.98 Å². The lowest BCUT2D eigenvalue weighted by molar-refractivity contribution is 0.942. The fourth-order valence-corrected chi connectivity index (χ4v) is 0.809. The molecule has 3 nitrogen and oxygen atoms in total. The third-order valence-electron chi connectivity index (χ3n) is 1.31. The van der Waals surface area contributed by atoms with Gasteiger partial charge < -0.3 is 10.7 Å². The molecule has 0 saturated heterocycles. The predicted octanol–water partition coefficient (Wildman–Crippen LogP) is -0.124. The third kappa shape index (κ3) is 1.45. The van der Waals surface area contributed by atoms with Gasteiger partial charge in [0.2, 0.25) is 0 Å². The van der Waals surface area contributed by atoms with Crippen LogP contribution in [0.1, 0.15) is 5.56 Å². The highest BCUT2D eigenvalue weighted by atomic mass is 16.1. The Kier molecular flexibility index (Phi) is 2.23. The highest BCUT2D eigenvalue weighted by Gasteiger charge is 1.93. The highest BCUT2D eigenvalue weighted by molar-refractivity contribution is 5.08. The van der Waals surface area contributed by atoms with Crippen molar-refractivity contribution in [2.45, 2.75) is 6.42 Å². The number of pyridine rings is 1. The molecular formula is C7H10N2O. The van der Waals surface area contributed by atoms with Crippen LogP contribution in [-0.2, 0) is 6.42 Å². The molecule has 0 aliphatic heterocycles. The number of hydrogen-bond donors (Lipinski definition) is 2. The van der Waals surface area contributed by atoms with Crippen molar-refractivity contribution in [3.63, 3.8) is 0 Å². The topological polar surface area (TPSA) is 58.9 Å². The van der Waals surface area contributed by atoms with E-state index < -0.39 is 0 Å². The van der Waals surface area contributed by atoms with Crippen molar-refractivity contribution >= 4 is 0 Å². The first-order valence-electron chi connectivity index (χ1n) is 3.21. The molecule has 1 rings (SSSR count). The molecule has 0 atom stereocenters. The Morgan fingerprint density at radius 3 is 3.00 bits per heavy atom. The van der Waals surface area contributed by atoms with E-state index in [1.807, 2.05) is 0 Å². The summed E-state index contributed by atoms with van der Waals surface area (Å²) >= 11 is 0. The van der Waals surface area contributed by atoms with Gasteiger partial charge in [-0.15, -0.1) is 0 Å². The van der Waals surface area contributed by atoms with Crippen LogP contribution in [0.5, 0.6) is 0 Å². The van der Waals surface area contributed by atoms with Crippen molar-refractivity contribution in [1.29, 1.82) is 0 Å². The summed E-state index contributed by atoms with van der Waals surface area (Å²) in [5.74, 6) is 0. The minimum Gasteiger partial charge on any atom is -0.330 e. The fraction of sp³-hybridized carbons (Fsp3) is 0.286. The molecule has 0 unspecified atom stereocenters. The second-order valence-electron chi connectivity index (χ2n) is 2.06. The second-order valence-corrected chi connectivity index (χ2v) is 2.06. The fourth-order valence-electron chi connectivity index (χ4n) is 0.809. The Labute approximate surface area is 58.9 Å². The van der Waals surface area contributed by atoms with Crippen molar-refractivity contribution in [2.24, 2.45) is 5.73 Å². The van der Waals surface area contributed by atoms with Crippen LogP contribution in [0.25, 0.3) is 0 Å². The maximum Gasteiger partial charge on any atom is 0.251 e. The Morgan fingerprint density at radius 1 is 1.60 bits per heavy atom. The van der Waals surface area contributed by atoms with Gasteiger partial charge in [-0.25, -0.2) is 0 Å². The number of H-pyrrole nitrogens is 1. The standard InChI is InChI=1S/C7H10N2O/c8-4-3-6-2-1-5-9-7(6)10/h1-2,5H,3-4,8H2,(H,9,10). The van der Waals surface area contributed by atoms with E-state index in [0.29, 0.717) is 13.0 Å². The molecule has 0 saturated carbocycles. The Hall–Kier alpha value is -1.09. The molecule has 3 heteroatoms. The van der Waals surface area contributed by atoms with Gasteiger partial charge in [-0.05, 0) is 19.0 Å². The van der Waals surface area contributed by atoms with Gasteiger partial charge in [-0.2, -0.15) is 0 Å². The number of rotatable bonds is 2. The van der Waals surface area contributed by atoms with Crippen LogP contribution in [0.15, 0.2) is 23.1 Å². The molecule has 0 aromatic carbocycles. The van der Waals surface area contributed by atoms with Crippen LogP contribution in [-0.4, -0.2) is 11.5 Å². The quantitative estimate of drug-likeness (QED) is 0.598. The minimum absolute atomic E-state index is 0.0343. The average molecular weight is 138 g/mol. The Morgan fingerprint density at radius 2 is 2.40 bits per heavy atom. The summed E-state index contributed by atoms with van der Waals surface area (Å²) in [6.07, 6.45) is 2.26. The molecule has 1 heterocycles. The SMILES string of the molecule is NCCc1ccc[nH]c1=O. The van der Waals surface area contributed by atoms with Crippen LogP contribution in [0.4, 0.5) is 0 Å². The highest BCUT2D eigenvalue weighted by Crippen LogP contribution is 1.87. The maximum atomic E-state index is 10.9. The van der Waals surface area contributed by atoms with Crippen molar-refractivity contribution < 1.29 is 0 Å². The smallest absolute Gasteiger partial charge is 0.251 e. The molecule has 0 spiro atoms. The van der Waals surface area contributed by atoms with Gasteiger partial charge in [0, 0.05) is 11.8 Å². The normalized spacial score (nSPS) is 9.70. The van der Waals surface area contributed by atoms with Crippen LogP contribution >= 0.6 is 0 Å². The summed E-state index contributed by atoms with van der Waals surface area (Å²) in [7, 11) is 0. The van der Waals surface area contributed by atoms with Crippen LogP contribution in [0.3, 0.4) is 0 Å². The zero-order valence-corrected chi connectivity index (χ0v) is 5.63. The van der Waals surface area contributed by atoms with Gasteiger partial charge in [0.05, 0.1) is 0 Å². The molecular weight excluding hydrogens is 128 g/mol. The monoisotopic (exact) mass is 138 g/mol. The predicted molar refractivity (Wildman–Crippen MR) is 39.8 cm³/mol. The van der Waals surface area contributed by atoms with Gasteiger partial charge in [-0.1, -0.05) is 6.07 Å². The number of hydrogen-bond acceptors (Lipinski definition) is 2. The zero-order chi connectivity index (χ0) is 7.40. The van der Waals surface area contributed by atoms with Crippen LogP contribution in [0, 0.1) is 0 Å². The Bertz CT molecular complexity index is 254. The third-order valence-corrected chi connectivity index (χ3v) is 1.31. The molecule has 1 aromatic rings. The summed E-state index contributed by atoms with van der Waals surface area (Å²) in [6, 6.07) is 3.58. The van der Waals surface area contributed by atoms with Gasteiger partial charge >= 0.3 is 0 Å². The molecule has 0 aliphatic carbocycles. The summed E-state index contributed by atoms with van der Waals surface area (Å²) in [5.41, 5.74) is 6.00. The maximum absolute atomic E-state index is 10.9. The van der Waals surface area contributed by atoms with Crippen molar-refractivity contribution in [3.05, 3.63) is 34.2 Å². The molecule has 0 radical (unpaired) electrons. The lowest BCUT2D eigenvalue weighted by Gasteiger charge is -1.93. The first-order valence-corrected chi connectivity index (χ1v) is 3.21. The van der Waals surface area contributed by atoms with Gasteiger partial charge in [-0.3, -0.25) is 4.79 Å². The first-order chi connectivity index (χ1) is 4.84. The molecule has 54 valence electrons. The number of aromatic amines is 1. The van der Waals surface area contributed by atoms with Gasteiger partial charge in [0.1, 0.15) is 0 Å². The number of aromatic nitrogens is 1. The summed E-state index contributed by atoms with van der Waals surface area (Å²) in [5, 5.41) is 0. The molecule has 0 bridgehead atoms. The van der Waals surface area contributed by atoms with E-state index in [1.165, 1.54) is 0 Å². The number of nitrogens with two attached hydrogens (primary N) is 1. The molecule has 10 heavy (non-hydrogen) atoms. The van der Waals surface area contributed by atoms with E-state index in [1.54, 1.807) is 18.3 Å². The van der Waals surface area contributed by atoms with E-state index in [0.717, 1.165) is 5.56 Å². The minimum atomic E-state index is -0.0343. The Balaban J connectivity index is 2.92. The van der Waals surface area contributed by atoms with E-state index in [4.69, 9.17) is 5.73 Å². The molecule has 0 aliphatic rings. The molecule has 0 fully saturated rings. The van der Waals surface area contributed by atoms with Crippen LogP contribution < -0.4 is 11.3 Å². The lowest BCUT2D eigenvalue weighted by Crippen LogP contribution is -2.15. The summed E-state index contributed by atoms with van der Waals surface area (Å²) < 4.78 is 0. The van der Waals surface area contributed by atoms with E-state index >= 15 is 0 Å². The van der Waals surface area contributed by atoms with Gasteiger partial charge in [0.25, 0.3) is 5.56 Å². The first kappa shape index (κ1) is 7.02. The molecule has 1 aromatic heterocycles.